The van der Waals surface area contributed by atoms with E-state index in [4.69, 9.17) is 0 Å². The molecule has 1 unspecified atom stereocenters. The van der Waals surface area contributed by atoms with Crippen LogP contribution in [0.4, 0.5) is 0 Å². The highest BCUT2D eigenvalue weighted by Gasteiger charge is 2.31. The lowest BCUT2D eigenvalue weighted by molar-refractivity contribution is -0.133. The molecule has 156 valence electrons. The standard InChI is InChI=1S/C20H27N5O2S2/c1-15-23-24-20(29-15)28-13-10-21-18(26)14-17-19(27)22-9-12-25(17)11-5-8-16-6-3-2-4-7-16/h2-4,6-7,17H,5,8-14H2,1H3,(H,21,26)(H,22,27). The lowest BCUT2D eigenvalue weighted by atomic mass is 10.1. The van der Waals surface area contributed by atoms with E-state index in [9.17, 15) is 9.59 Å². The lowest BCUT2D eigenvalue weighted by Crippen LogP contribution is -2.56. The second-order valence-corrected chi connectivity index (χ2v) is 9.45. The van der Waals surface area contributed by atoms with Crippen molar-refractivity contribution in [1.29, 1.82) is 0 Å². The molecule has 1 fully saturated rings. The summed E-state index contributed by atoms with van der Waals surface area (Å²) in [6.45, 7) is 4.70. The zero-order valence-corrected chi connectivity index (χ0v) is 18.2. The summed E-state index contributed by atoms with van der Waals surface area (Å²) in [6, 6.07) is 9.95. The Kier molecular flexibility index (Phi) is 8.45. The maximum absolute atomic E-state index is 12.4. The van der Waals surface area contributed by atoms with Crippen LogP contribution in [0.25, 0.3) is 0 Å². The van der Waals surface area contributed by atoms with Crippen LogP contribution in [0.1, 0.15) is 23.4 Å². The van der Waals surface area contributed by atoms with Crippen molar-refractivity contribution in [1.82, 2.24) is 25.7 Å². The van der Waals surface area contributed by atoms with E-state index in [0.717, 1.165) is 41.0 Å². The Morgan fingerprint density at radius 1 is 1.34 bits per heavy atom. The number of hydrogen-bond acceptors (Lipinski definition) is 7. The Hall–Kier alpha value is -1.97. The van der Waals surface area contributed by atoms with E-state index in [1.54, 1.807) is 23.1 Å². The SMILES string of the molecule is Cc1nnc(SCCNC(=O)CC2C(=O)NCCN2CCCc2ccccc2)s1. The van der Waals surface area contributed by atoms with Crippen LogP contribution in [-0.4, -0.2) is 64.9 Å². The Bertz CT molecular complexity index is 799. The fraction of sp³-hybridized carbons (Fsp3) is 0.500. The quantitative estimate of drug-likeness (QED) is 0.439. The fourth-order valence-electron chi connectivity index (χ4n) is 3.30. The molecule has 1 atom stereocenters. The molecule has 2 heterocycles. The molecular weight excluding hydrogens is 406 g/mol. The molecule has 3 rings (SSSR count). The van der Waals surface area contributed by atoms with Crippen molar-refractivity contribution >= 4 is 34.9 Å². The van der Waals surface area contributed by atoms with Gasteiger partial charge in [0.05, 0.1) is 12.5 Å². The number of hydrogen-bond donors (Lipinski definition) is 2. The van der Waals surface area contributed by atoms with Gasteiger partial charge in [0.1, 0.15) is 5.01 Å². The van der Waals surface area contributed by atoms with E-state index in [1.165, 1.54) is 5.56 Å². The molecule has 2 N–H and O–H groups in total. The number of aryl methyl sites for hydroxylation is 2. The van der Waals surface area contributed by atoms with Crippen molar-refractivity contribution < 1.29 is 9.59 Å². The minimum Gasteiger partial charge on any atom is -0.355 e. The molecule has 1 aliphatic heterocycles. The van der Waals surface area contributed by atoms with Crippen LogP contribution in [-0.2, 0) is 16.0 Å². The summed E-state index contributed by atoms with van der Waals surface area (Å²) in [5.41, 5.74) is 1.30. The molecule has 1 aliphatic rings. The zero-order chi connectivity index (χ0) is 20.5. The topological polar surface area (TPSA) is 87.2 Å². The number of thioether (sulfide) groups is 1. The molecule has 1 saturated heterocycles. The Balaban J connectivity index is 1.40. The number of carbonyl (C=O) groups is 2. The van der Waals surface area contributed by atoms with Crippen LogP contribution >= 0.6 is 23.1 Å². The molecule has 0 spiro atoms. The first kappa shape index (κ1) is 21.7. The third-order valence-corrected chi connectivity index (χ3v) is 6.71. The van der Waals surface area contributed by atoms with Crippen molar-refractivity contribution in [3.05, 3.63) is 40.9 Å². The van der Waals surface area contributed by atoms with Gasteiger partial charge < -0.3 is 10.6 Å². The molecular formula is C20H27N5O2S2. The minimum atomic E-state index is -0.391. The van der Waals surface area contributed by atoms with Gasteiger partial charge in [-0.1, -0.05) is 53.4 Å². The van der Waals surface area contributed by atoms with Gasteiger partial charge in [0.2, 0.25) is 11.8 Å². The molecule has 2 aromatic rings. The lowest BCUT2D eigenvalue weighted by Gasteiger charge is -2.34. The largest absolute Gasteiger partial charge is 0.355 e. The third-order valence-electron chi connectivity index (χ3n) is 4.73. The van der Waals surface area contributed by atoms with Crippen molar-refractivity contribution in [3.8, 4) is 0 Å². The smallest absolute Gasteiger partial charge is 0.237 e. The number of amides is 2. The molecule has 9 heteroatoms. The van der Waals surface area contributed by atoms with Crippen molar-refractivity contribution in [2.24, 2.45) is 0 Å². The molecule has 0 radical (unpaired) electrons. The summed E-state index contributed by atoms with van der Waals surface area (Å²) < 4.78 is 0.910. The maximum Gasteiger partial charge on any atom is 0.237 e. The van der Waals surface area contributed by atoms with Crippen LogP contribution < -0.4 is 10.6 Å². The predicted octanol–water partition coefficient (Wildman–Crippen LogP) is 1.88. The summed E-state index contributed by atoms with van der Waals surface area (Å²) in [4.78, 5) is 26.8. The van der Waals surface area contributed by atoms with E-state index in [-0.39, 0.29) is 18.2 Å². The number of piperazine rings is 1. The summed E-state index contributed by atoms with van der Waals surface area (Å²) >= 11 is 3.13. The molecule has 29 heavy (non-hydrogen) atoms. The first-order valence-corrected chi connectivity index (χ1v) is 11.7. The first-order chi connectivity index (χ1) is 14.1. The van der Waals surface area contributed by atoms with Crippen molar-refractivity contribution in [2.75, 3.05) is 31.9 Å². The predicted molar refractivity (Wildman–Crippen MR) is 116 cm³/mol. The summed E-state index contributed by atoms with van der Waals surface area (Å²) in [6.07, 6.45) is 2.13. The normalized spacial score (nSPS) is 17.1. The Labute approximate surface area is 179 Å². The van der Waals surface area contributed by atoms with E-state index >= 15 is 0 Å². The van der Waals surface area contributed by atoms with Gasteiger partial charge in [-0.3, -0.25) is 14.5 Å². The maximum atomic E-state index is 12.4. The summed E-state index contributed by atoms with van der Waals surface area (Å²) in [5.74, 6) is 0.594. The van der Waals surface area contributed by atoms with Crippen LogP contribution in [0.15, 0.2) is 34.7 Å². The van der Waals surface area contributed by atoms with Crippen molar-refractivity contribution in [3.63, 3.8) is 0 Å². The van der Waals surface area contributed by atoms with E-state index in [0.29, 0.717) is 13.1 Å². The Morgan fingerprint density at radius 2 is 2.17 bits per heavy atom. The highest BCUT2D eigenvalue weighted by atomic mass is 32.2. The molecule has 2 amide bonds. The van der Waals surface area contributed by atoms with Crippen LogP contribution in [0.5, 0.6) is 0 Å². The number of carbonyl (C=O) groups excluding carboxylic acids is 2. The average molecular weight is 434 g/mol. The van der Waals surface area contributed by atoms with Gasteiger partial charge in [-0.25, -0.2) is 0 Å². The van der Waals surface area contributed by atoms with E-state index in [2.05, 4.69) is 37.9 Å². The van der Waals surface area contributed by atoms with E-state index in [1.807, 2.05) is 25.1 Å². The average Bonchev–Trinajstić information content (AvgIpc) is 3.14. The van der Waals surface area contributed by atoms with Gasteiger partial charge in [-0.15, -0.1) is 10.2 Å². The van der Waals surface area contributed by atoms with Gasteiger partial charge >= 0.3 is 0 Å². The number of nitrogens with one attached hydrogen (secondary N) is 2. The van der Waals surface area contributed by atoms with Gasteiger partial charge in [-0.2, -0.15) is 0 Å². The highest BCUT2D eigenvalue weighted by Crippen LogP contribution is 2.21. The van der Waals surface area contributed by atoms with Crippen LogP contribution in [0.2, 0.25) is 0 Å². The fourth-order valence-corrected chi connectivity index (χ4v) is 5.04. The molecule has 0 bridgehead atoms. The Morgan fingerprint density at radius 3 is 2.93 bits per heavy atom. The molecule has 0 aliphatic carbocycles. The zero-order valence-electron chi connectivity index (χ0n) is 16.6. The molecule has 1 aromatic heterocycles. The van der Waals surface area contributed by atoms with Gasteiger partial charge in [0, 0.05) is 25.4 Å². The molecule has 7 nitrogen and oxygen atoms in total. The van der Waals surface area contributed by atoms with Crippen LogP contribution in [0, 0.1) is 6.92 Å². The van der Waals surface area contributed by atoms with Gasteiger partial charge in [0.15, 0.2) is 4.34 Å². The van der Waals surface area contributed by atoms with Crippen LogP contribution in [0.3, 0.4) is 0 Å². The number of nitrogens with zero attached hydrogens (tertiary/aromatic N) is 3. The number of aromatic nitrogens is 2. The molecule has 1 aromatic carbocycles. The number of benzene rings is 1. The van der Waals surface area contributed by atoms with Gasteiger partial charge in [0.25, 0.3) is 0 Å². The molecule has 0 saturated carbocycles. The summed E-state index contributed by atoms with van der Waals surface area (Å²) in [5, 5.41) is 14.8. The third kappa shape index (κ3) is 7.09. The summed E-state index contributed by atoms with van der Waals surface area (Å²) in [7, 11) is 0. The number of rotatable bonds is 10. The monoisotopic (exact) mass is 433 g/mol. The minimum absolute atomic E-state index is 0.0511. The van der Waals surface area contributed by atoms with Crippen molar-refractivity contribution in [2.45, 2.75) is 36.6 Å². The second-order valence-electron chi connectivity index (χ2n) is 6.92. The van der Waals surface area contributed by atoms with E-state index < -0.39 is 6.04 Å². The van der Waals surface area contributed by atoms with Gasteiger partial charge in [-0.05, 0) is 31.9 Å². The second kappa shape index (κ2) is 11.3. The first-order valence-electron chi connectivity index (χ1n) is 9.87. The highest BCUT2D eigenvalue weighted by molar-refractivity contribution is 8.01.